The number of hydrogen-bond acceptors (Lipinski definition) is 3. The summed E-state index contributed by atoms with van der Waals surface area (Å²) in [5, 5.41) is 20.6. The van der Waals surface area contributed by atoms with Crippen molar-refractivity contribution >= 4 is 12.0 Å². The van der Waals surface area contributed by atoms with Gasteiger partial charge in [-0.25, -0.2) is 4.79 Å². The second-order valence-corrected chi connectivity index (χ2v) is 5.58. The molecule has 0 aliphatic heterocycles. The van der Waals surface area contributed by atoms with Gasteiger partial charge < -0.3 is 20.4 Å². The van der Waals surface area contributed by atoms with E-state index >= 15 is 0 Å². The maximum Gasteiger partial charge on any atom is 0.317 e. The number of carboxylic acids is 1. The average molecular weight is 286 g/mol. The number of urea groups is 1. The van der Waals surface area contributed by atoms with Gasteiger partial charge in [-0.1, -0.05) is 19.8 Å². The van der Waals surface area contributed by atoms with Crippen molar-refractivity contribution in [1.29, 1.82) is 0 Å². The Bertz CT molecular complexity index is 316. The molecule has 3 N–H and O–H groups in total. The number of carbonyl (C=O) groups excluding carboxylic acids is 1. The summed E-state index contributed by atoms with van der Waals surface area (Å²) in [6.45, 7) is 2.73. The number of hydrogen-bond donors (Lipinski definition) is 3. The zero-order valence-corrected chi connectivity index (χ0v) is 12.2. The molecule has 0 aromatic carbocycles. The molecule has 116 valence electrons. The fourth-order valence-electron chi connectivity index (χ4n) is 2.61. The van der Waals surface area contributed by atoms with Crippen molar-refractivity contribution in [2.24, 2.45) is 5.92 Å². The Morgan fingerprint density at radius 3 is 2.55 bits per heavy atom. The Hall–Kier alpha value is -1.30. The Kier molecular flexibility index (Phi) is 7.36. The molecule has 1 fully saturated rings. The second kappa shape index (κ2) is 8.79. The molecule has 1 aliphatic rings. The monoisotopic (exact) mass is 286 g/mol. The van der Waals surface area contributed by atoms with Crippen molar-refractivity contribution in [3.8, 4) is 0 Å². The first-order valence-electron chi connectivity index (χ1n) is 7.41. The average Bonchev–Trinajstić information content (AvgIpc) is 2.93. The highest BCUT2D eigenvalue weighted by molar-refractivity contribution is 5.74. The summed E-state index contributed by atoms with van der Waals surface area (Å²) in [7, 11) is 0. The van der Waals surface area contributed by atoms with Gasteiger partial charge in [-0.3, -0.25) is 4.79 Å². The molecule has 6 heteroatoms. The van der Waals surface area contributed by atoms with Gasteiger partial charge in [0.1, 0.15) is 0 Å². The number of aliphatic hydroxyl groups excluding tert-OH is 1. The van der Waals surface area contributed by atoms with E-state index in [9.17, 15) is 9.59 Å². The fraction of sp³-hybridized carbons (Fsp3) is 0.857. The number of nitrogens with zero attached hydrogens (tertiary/aromatic N) is 1. The molecule has 0 radical (unpaired) electrons. The number of aliphatic hydroxyl groups is 1. The van der Waals surface area contributed by atoms with Gasteiger partial charge in [0.05, 0.1) is 6.61 Å². The van der Waals surface area contributed by atoms with Crippen LogP contribution >= 0.6 is 0 Å². The quantitative estimate of drug-likeness (QED) is 0.629. The zero-order valence-electron chi connectivity index (χ0n) is 12.2. The Morgan fingerprint density at radius 1 is 1.35 bits per heavy atom. The number of aliphatic carboxylic acids is 1. The molecule has 1 rings (SSSR count). The summed E-state index contributed by atoms with van der Waals surface area (Å²) >= 11 is 0. The van der Waals surface area contributed by atoms with Crippen molar-refractivity contribution in [3.05, 3.63) is 0 Å². The van der Waals surface area contributed by atoms with Crippen molar-refractivity contribution in [1.82, 2.24) is 10.2 Å². The minimum atomic E-state index is -0.809. The first-order chi connectivity index (χ1) is 9.54. The number of carboxylic acid groups (broad SMARTS) is 1. The van der Waals surface area contributed by atoms with E-state index in [1.807, 2.05) is 6.92 Å². The van der Waals surface area contributed by atoms with Gasteiger partial charge >= 0.3 is 12.0 Å². The number of carbonyl (C=O) groups is 2. The minimum Gasteiger partial charge on any atom is -0.481 e. The molecule has 2 amide bonds. The summed E-state index contributed by atoms with van der Waals surface area (Å²) in [5.74, 6) is -0.675. The minimum absolute atomic E-state index is 0.0293. The van der Waals surface area contributed by atoms with Crippen molar-refractivity contribution in [2.75, 3.05) is 19.7 Å². The predicted octanol–water partition coefficient (Wildman–Crippen LogP) is 1.43. The van der Waals surface area contributed by atoms with Crippen LogP contribution in [-0.2, 0) is 4.79 Å². The number of rotatable bonds is 8. The molecule has 0 aromatic heterocycles. The molecule has 1 saturated carbocycles. The molecule has 0 spiro atoms. The van der Waals surface area contributed by atoms with E-state index < -0.39 is 5.97 Å². The van der Waals surface area contributed by atoms with Gasteiger partial charge in [-0.2, -0.15) is 0 Å². The lowest BCUT2D eigenvalue weighted by Crippen LogP contribution is -2.47. The number of nitrogens with one attached hydrogen (secondary N) is 1. The van der Waals surface area contributed by atoms with Crippen LogP contribution in [0.2, 0.25) is 0 Å². The normalized spacial score (nSPS) is 16.9. The van der Waals surface area contributed by atoms with Crippen LogP contribution in [0.3, 0.4) is 0 Å². The third kappa shape index (κ3) is 5.77. The molecule has 6 nitrogen and oxygen atoms in total. The molecule has 0 heterocycles. The number of amides is 2. The van der Waals surface area contributed by atoms with Gasteiger partial charge in [-0.15, -0.1) is 0 Å². The smallest absolute Gasteiger partial charge is 0.317 e. The molecule has 1 atom stereocenters. The summed E-state index contributed by atoms with van der Waals surface area (Å²) in [6.07, 6.45) is 4.95. The molecule has 0 aromatic rings. The SMILES string of the molecule is CC(CCC(=O)O)CNC(=O)N(CCO)C1CCCC1. The van der Waals surface area contributed by atoms with Crippen LogP contribution in [0.15, 0.2) is 0 Å². The van der Waals surface area contributed by atoms with Gasteiger partial charge in [-0.05, 0) is 25.2 Å². The molecule has 0 saturated heterocycles. The molecular weight excluding hydrogens is 260 g/mol. The summed E-state index contributed by atoms with van der Waals surface area (Å²) in [6, 6.07) is 0.0876. The molecule has 20 heavy (non-hydrogen) atoms. The van der Waals surface area contributed by atoms with Gasteiger partial charge in [0.15, 0.2) is 0 Å². The fourth-order valence-corrected chi connectivity index (χ4v) is 2.61. The lowest BCUT2D eigenvalue weighted by atomic mass is 10.1. The molecule has 1 aliphatic carbocycles. The van der Waals surface area contributed by atoms with Gasteiger partial charge in [0.25, 0.3) is 0 Å². The van der Waals surface area contributed by atoms with E-state index in [1.54, 1.807) is 4.90 Å². The van der Waals surface area contributed by atoms with Crippen molar-refractivity contribution in [2.45, 2.75) is 51.5 Å². The zero-order chi connectivity index (χ0) is 15.0. The van der Waals surface area contributed by atoms with E-state index in [2.05, 4.69) is 5.32 Å². The first-order valence-corrected chi connectivity index (χ1v) is 7.41. The van der Waals surface area contributed by atoms with Crippen LogP contribution in [0.25, 0.3) is 0 Å². The topological polar surface area (TPSA) is 89.9 Å². The Morgan fingerprint density at radius 2 is 2.00 bits per heavy atom. The lowest BCUT2D eigenvalue weighted by molar-refractivity contribution is -0.137. The summed E-state index contributed by atoms with van der Waals surface area (Å²) in [5.41, 5.74) is 0. The van der Waals surface area contributed by atoms with Crippen LogP contribution in [0, 0.1) is 5.92 Å². The summed E-state index contributed by atoms with van der Waals surface area (Å²) in [4.78, 5) is 24.4. The summed E-state index contributed by atoms with van der Waals surface area (Å²) < 4.78 is 0. The van der Waals surface area contributed by atoms with Crippen molar-refractivity contribution in [3.63, 3.8) is 0 Å². The standard InChI is InChI=1S/C14H26N2O4/c1-11(6-7-13(18)19)10-15-14(20)16(8-9-17)12-4-2-3-5-12/h11-12,17H,2-10H2,1H3,(H,15,20)(H,18,19). The van der Waals surface area contributed by atoms with E-state index in [-0.39, 0.29) is 31.0 Å². The highest BCUT2D eigenvalue weighted by Gasteiger charge is 2.26. The Balaban J connectivity index is 2.35. The van der Waals surface area contributed by atoms with Crippen LogP contribution in [0.5, 0.6) is 0 Å². The van der Waals surface area contributed by atoms with Gasteiger partial charge in [0, 0.05) is 25.6 Å². The maximum atomic E-state index is 12.2. The van der Waals surface area contributed by atoms with Crippen LogP contribution < -0.4 is 5.32 Å². The lowest BCUT2D eigenvalue weighted by Gasteiger charge is -2.29. The van der Waals surface area contributed by atoms with Crippen LogP contribution in [0.4, 0.5) is 4.79 Å². The predicted molar refractivity (Wildman–Crippen MR) is 75.5 cm³/mol. The molecular formula is C14H26N2O4. The highest BCUT2D eigenvalue weighted by atomic mass is 16.4. The van der Waals surface area contributed by atoms with Crippen LogP contribution in [0.1, 0.15) is 45.4 Å². The van der Waals surface area contributed by atoms with E-state index in [0.717, 1.165) is 25.7 Å². The second-order valence-electron chi connectivity index (χ2n) is 5.58. The Labute approximate surface area is 120 Å². The highest BCUT2D eigenvalue weighted by Crippen LogP contribution is 2.23. The first kappa shape index (κ1) is 16.8. The van der Waals surface area contributed by atoms with E-state index in [0.29, 0.717) is 19.5 Å². The molecule has 1 unspecified atom stereocenters. The maximum absolute atomic E-state index is 12.2. The van der Waals surface area contributed by atoms with E-state index in [4.69, 9.17) is 10.2 Å². The third-order valence-corrected chi connectivity index (χ3v) is 3.82. The third-order valence-electron chi connectivity index (χ3n) is 3.82. The van der Waals surface area contributed by atoms with Gasteiger partial charge in [0.2, 0.25) is 0 Å². The van der Waals surface area contributed by atoms with Crippen molar-refractivity contribution < 1.29 is 19.8 Å². The molecule has 0 bridgehead atoms. The van der Waals surface area contributed by atoms with E-state index in [1.165, 1.54) is 0 Å². The largest absolute Gasteiger partial charge is 0.481 e. The van der Waals surface area contributed by atoms with Crippen LogP contribution in [-0.4, -0.2) is 52.9 Å².